The van der Waals surface area contributed by atoms with Crippen LogP contribution in [0.3, 0.4) is 0 Å². The SMILES string of the molecule is CCCCCCCCCCCCOC(=O)CCN1CCC2(CC1)CNC1(CCCCCCCCCCC1)C2. The number of hydrogen-bond acceptors (Lipinski definition) is 4. The van der Waals surface area contributed by atoms with Crippen molar-refractivity contribution in [1.82, 2.24) is 10.2 Å². The monoisotopic (exact) mass is 532 g/mol. The molecular weight excluding hydrogens is 468 g/mol. The fourth-order valence-electron chi connectivity index (χ4n) is 7.56. The van der Waals surface area contributed by atoms with Crippen LogP contribution in [0.15, 0.2) is 0 Å². The van der Waals surface area contributed by atoms with Gasteiger partial charge in [0, 0.05) is 18.6 Å². The molecule has 1 N–H and O–H groups in total. The maximum absolute atomic E-state index is 12.3. The summed E-state index contributed by atoms with van der Waals surface area (Å²) in [6, 6.07) is 0. The van der Waals surface area contributed by atoms with Crippen LogP contribution < -0.4 is 5.32 Å². The molecule has 222 valence electrons. The molecule has 0 bridgehead atoms. The number of unbranched alkanes of at least 4 members (excludes halogenated alkanes) is 9. The van der Waals surface area contributed by atoms with Crippen molar-refractivity contribution in [2.75, 3.05) is 32.8 Å². The van der Waals surface area contributed by atoms with Gasteiger partial charge in [0.2, 0.25) is 0 Å². The number of carbonyl (C=O) groups is 1. The van der Waals surface area contributed by atoms with E-state index in [-0.39, 0.29) is 5.97 Å². The van der Waals surface area contributed by atoms with Crippen molar-refractivity contribution in [1.29, 1.82) is 0 Å². The molecule has 0 aromatic rings. The number of rotatable bonds is 14. The molecule has 3 aliphatic rings. The van der Waals surface area contributed by atoms with Gasteiger partial charge in [-0.3, -0.25) is 4.79 Å². The number of carbonyl (C=O) groups excluding carboxylic acids is 1. The van der Waals surface area contributed by atoms with Gasteiger partial charge in [0.05, 0.1) is 13.0 Å². The first kappa shape index (κ1) is 31.9. The molecule has 4 nitrogen and oxygen atoms in total. The van der Waals surface area contributed by atoms with E-state index in [1.807, 2.05) is 0 Å². The summed E-state index contributed by atoms with van der Waals surface area (Å²) in [5.74, 6) is 0.0101. The molecule has 2 spiro atoms. The minimum atomic E-state index is 0.0101. The second kappa shape index (κ2) is 18.7. The Morgan fingerprint density at radius 2 is 1.24 bits per heavy atom. The van der Waals surface area contributed by atoms with E-state index >= 15 is 0 Å². The van der Waals surface area contributed by atoms with Crippen molar-refractivity contribution in [2.24, 2.45) is 5.41 Å². The summed E-state index contributed by atoms with van der Waals surface area (Å²) in [5.41, 5.74) is 0.920. The van der Waals surface area contributed by atoms with Crippen molar-refractivity contribution in [3.63, 3.8) is 0 Å². The van der Waals surface area contributed by atoms with E-state index in [0.717, 1.165) is 26.1 Å². The first-order valence-corrected chi connectivity index (χ1v) is 17.3. The predicted molar refractivity (Wildman–Crippen MR) is 162 cm³/mol. The molecule has 0 atom stereocenters. The smallest absolute Gasteiger partial charge is 0.307 e. The zero-order valence-electron chi connectivity index (χ0n) is 25.5. The Morgan fingerprint density at radius 1 is 0.711 bits per heavy atom. The maximum Gasteiger partial charge on any atom is 0.307 e. The first-order chi connectivity index (χ1) is 18.7. The molecule has 1 aliphatic carbocycles. The van der Waals surface area contributed by atoms with Crippen molar-refractivity contribution in [2.45, 2.75) is 173 Å². The first-order valence-electron chi connectivity index (χ1n) is 17.3. The van der Waals surface area contributed by atoms with Gasteiger partial charge >= 0.3 is 5.97 Å². The molecule has 2 heterocycles. The van der Waals surface area contributed by atoms with Crippen LogP contribution in [0.5, 0.6) is 0 Å². The maximum atomic E-state index is 12.3. The zero-order chi connectivity index (χ0) is 26.8. The average Bonchev–Trinajstić information content (AvgIpc) is 3.27. The van der Waals surface area contributed by atoms with Crippen LogP contribution >= 0.6 is 0 Å². The molecule has 0 unspecified atom stereocenters. The molecule has 3 fully saturated rings. The van der Waals surface area contributed by atoms with Crippen LogP contribution in [0.1, 0.15) is 167 Å². The minimum Gasteiger partial charge on any atom is -0.466 e. The topological polar surface area (TPSA) is 41.6 Å². The van der Waals surface area contributed by atoms with Gasteiger partial charge in [0.15, 0.2) is 0 Å². The molecular formula is C34H64N2O2. The van der Waals surface area contributed by atoms with Gasteiger partial charge in [0.25, 0.3) is 0 Å². The lowest BCUT2D eigenvalue weighted by atomic mass is 9.71. The quantitative estimate of drug-likeness (QED) is 0.179. The Labute approximate surface area is 236 Å². The molecule has 0 aromatic carbocycles. The van der Waals surface area contributed by atoms with Gasteiger partial charge in [0.1, 0.15) is 0 Å². The number of piperidine rings is 1. The highest BCUT2D eigenvalue weighted by Gasteiger charge is 2.48. The lowest BCUT2D eigenvalue weighted by Crippen LogP contribution is -2.42. The summed E-state index contributed by atoms with van der Waals surface area (Å²) >= 11 is 0. The third-order valence-electron chi connectivity index (χ3n) is 10.2. The number of esters is 1. The molecule has 38 heavy (non-hydrogen) atoms. The summed E-state index contributed by atoms with van der Waals surface area (Å²) in [6.45, 7) is 7.31. The van der Waals surface area contributed by atoms with Crippen LogP contribution in [-0.4, -0.2) is 49.2 Å². The van der Waals surface area contributed by atoms with Crippen molar-refractivity contribution in [3.05, 3.63) is 0 Å². The van der Waals surface area contributed by atoms with E-state index in [1.165, 1.54) is 154 Å². The van der Waals surface area contributed by atoms with Gasteiger partial charge in [-0.05, 0) is 57.0 Å². The van der Waals surface area contributed by atoms with Gasteiger partial charge in [-0.15, -0.1) is 0 Å². The Morgan fingerprint density at radius 3 is 1.82 bits per heavy atom. The highest BCUT2D eigenvalue weighted by molar-refractivity contribution is 5.69. The lowest BCUT2D eigenvalue weighted by molar-refractivity contribution is -0.144. The molecule has 0 radical (unpaired) electrons. The summed E-state index contributed by atoms with van der Waals surface area (Å²) in [7, 11) is 0. The normalized spacial score (nSPS) is 22.8. The fraction of sp³-hybridized carbons (Fsp3) is 0.971. The number of hydrogen-bond donors (Lipinski definition) is 1. The van der Waals surface area contributed by atoms with E-state index in [2.05, 4.69) is 17.1 Å². The average molecular weight is 533 g/mol. The van der Waals surface area contributed by atoms with Gasteiger partial charge in [-0.2, -0.15) is 0 Å². The lowest BCUT2D eigenvalue weighted by Gasteiger charge is -2.40. The van der Waals surface area contributed by atoms with Gasteiger partial charge in [-0.25, -0.2) is 0 Å². The van der Waals surface area contributed by atoms with Crippen molar-refractivity contribution in [3.8, 4) is 0 Å². The molecule has 0 amide bonds. The van der Waals surface area contributed by atoms with E-state index in [4.69, 9.17) is 4.74 Å². The zero-order valence-corrected chi connectivity index (χ0v) is 25.5. The second-order valence-corrected chi connectivity index (χ2v) is 13.5. The van der Waals surface area contributed by atoms with E-state index in [9.17, 15) is 4.79 Å². The third-order valence-corrected chi connectivity index (χ3v) is 10.2. The van der Waals surface area contributed by atoms with Crippen molar-refractivity contribution < 1.29 is 9.53 Å². The van der Waals surface area contributed by atoms with Crippen molar-refractivity contribution >= 4 is 5.97 Å². The van der Waals surface area contributed by atoms with E-state index in [0.29, 0.717) is 24.0 Å². The molecule has 1 saturated carbocycles. The van der Waals surface area contributed by atoms with Crippen LogP contribution in [0.25, 0.3) is 0 Å². The molecule has 3 rings (SSSR count). The van der Waals surface area contributed by atoms with E-state index < -0.39 is 0 Å². The molecule has 2 saturated heterocycles. The number of likely N-dealkylation sites (tertiary alicyclic amines) is 1. The summed E-state index contributed by atoms with van der Waals surface area (Å²) in [6.07, 6.45) is 33.4. The van der Waals surface area contributed by atoms with Crippen LogP contribution in [0, 0.1) is 5.41 Å². The Kier molecular flexibility index (Phi) is 15.7. The standard InChI is InChI=1S/C34H64N2O2/c1-2-3-4-5-6-7-11-14-17-20-29-38-32(37)21-26-36-27-24-33(25-28-36)30-34(35-31-33)22-18-15-12-9-8-10-13-16-19-23-34/h35H,2-31H2,1H3. The number of nitrogens with one attached hydrogen (secondary N) is 1. The third kappa shape index (κ3) is 12.3. The molecule has 0 aromatic heterocycles. The Balaban J connectivity index is 1.23. The van der Waals surface area contributed by atoms with E-state index in [1.54, 1.807) is 0 Å². The van der Waals surface area contributed by atoms with Crippen LogP contribution in [-0.2, 0) is 9.53 Å². The fourth-order valence-corrected chi connectivity index (χ4v) is 7.56. The number of ether oxygens (including phenoxy) is 1. The molecule has 4 heteroatoms. The largest absolute Gasteiger partial charge is 0.466 e. The van der Waals surface area contributed by atoms with Crippen LogP contribution in [0.2, 0.25) is 0 Å². The highest BCUT2D eigenvalue weighted by atomic mass is 16.5. The van der Waals surface area contributed by atoms with Gasteiger partial charge < -0.3 is 15.0 Å². The molecule has 2 aliphatic heterocycles. The summed E-state index contributed by atoms with van der Waals surface area (Å²) in [5, 5.41) is 4.11. The number of nitrogens with zero attached hydrogens (tertiary/aromatic N) is 1. The van der Waals surface area contributed by atoms with Gasteiger partial charge in [-0.1, -0.05) is 122 Å². The minimum absolute atomic E-state index is 0.0101. The Hall–Kier alpha value is -0.610. The van der Waals surface area contributed by atoms with Crippen LogP contribution in [0.4, 0.5) is 0 Å². The summed E-state index contributed by atoms with van der Waals surface area (Å²) < 4.78 is 5.56. The Bertz CT molecular complexity index is 602. The second-order valence-electron chi connectivity index (χ2n) is 13.5. The summed E-state index contributed by atoms with van der Waals surface area (Å²) in [4.78, 5) is 14.8. The highest BCUT2D eigenvalue weighted by Crippen LogP contribution is 2.47. The predicted octanol–water partition coefficient (Wildman–Crippen LogP) is 8.96.